The van der Waals surface area contributed by atoms with Crippen LogP contribution in [0.25, 0.3) is 22.1 Å². The van der Waals surface area contributed by atoms with Gasteiger partial charge in [-0.15, -0.1) is 0 Å². The highest BCUT2D eigenvalue weighted by Gasteiger charge is 2.41. The molecule has 0 saturated heterocycles. The number of rotatable bonds is 2. The summed E-state index contributed by atoms with van der Waals surface area (Å²) in [5, 5.41) is 2.12. The maximum atomic E-state index is 6.18. The minimum absolute atomic E-state index is 0.0325. The normalized spacial score (nSPS) is 17.1. The van der Waals surface area contributed by atoms with Gasteiger partial charge < -0.3 is 14.2 Å². The Balaban J connectivity index is 1.78. The van der Waals surface area contributed by atoms with Gasteiger partial charge in [-0.25, -0.2) is 9.97 Å². The molecule has 0 N–H and O–H groups in total. The number of pyridine rings is 2. The Hall–Kier alpha value is -3.02. The molecular formula is C21H21BN4O. The summed E-state index contributed by atoms with van der Waals surface area (Å²) >= 11 is 0. The van der Waals surface area contributed by atoms with Crippen molar-refractivity contribution in [2.45, 2.75) is 32.4 Å². The number of aromatic nitrogens is 2. The summed E-state index contributed by atoms with van der Waals surface area (Å²) in [6, 6.07) is 14.4. The van der Waals surface area contributed by atoms with Crippen molar-refractivity contribution in [3.05, 3.63) is 54.9 Å². The Labute approximate surface area is 159 Å². The van der Waals surface area contributed by atoms with E-state index in [-0.39, 0.29) is 11.6 Å². The molecule has 0 saturated carbocycles. The zero-order chi connectivity index (χ0) is 18.8. The summed E-state index contributed by atoms with van der Waals surface area (Å²) in [5.41, 5.74) is 3.65. The summed E-state index contributed by atoms with van der Waals surface area (Å²) in [5.74, 6) is 0.959. The lowest BCUT2D eigenvalue weighted by Gasteiger charge is -2.39. The molecule has 0 radical (unpaired) electrons. The fraction of sp³-hybridized carbons (Fsp3) is 0.238. The van der Waals surface area contributed by atoms with Gasteiger partial charge in [0.1, 0.15) is 14.0 Å². The standard InChI is InChI=1S/C21H21BN4O/c1-13-25(19-17(10-6-11-23-19)26(13)21(2,3)22)16-9-4-7-14-15-8-5-12-24-20(15)27-18(14)16/h4-13H,22H2,1-3H3. The lowest BCUT2D eigenvalue weighted by atomic mass is 9.79. The number of benzene rings is 1. The first kappa shape index (κ1) is 16.2. The number of furan rings is 1. The molecular weight excluding hydrogens is 335 g/mol. The number of fused-ring (bicyclic) bond motifs is 4. The first-order valence-corrected chi connectivity index (χ1v) is 9.26. The van der Waals surface area contributed by atoms with E-state index in [4.69, 9.17) is 9.40 Å². The van der Waals surface area contributed by atoms with Crippen molar-refractivity contribution in [2.75, 3.05) is 9.80 Å². The number of nitrogens with zero attached hydrogens (tertiary/aromatic N) is 4. The first-order chi connectivity index (χ1) is 13.0. The van der Waals surface area contributed by atoms with Gasteiger partial charge in [-0.2, -0.15) is 0 Å². The molecule has 0 aliphatic carbocycles. The molecule has 1 atom stereocenters. The smallest absolute Gasteiger partial charge is 0.227 e. The Kier molecular flexibility index (Phi) is 3.29. The second-order valence-corrected chi connectivity index (χ2v) is 8.00. The molecule has 0 bridgehead atoms. The fourth-order valence-electron chi connectivity index (χ4n) is 4.30. The van der Waals surface area contributed by atoms with E-state index in [9.17, 15) is 0 Å². The fourth-order valence-corrected chi connectivity index (χ4v) is 4.30. The lowest BCUT2D eigenvalue weighted by molar-refractivity contribution is 0.559. The molecule has 1 unspecified atom stereocenters. The maximum Gasteiger partial charge on any atom is 0.227 e. The van der Waals surface area contributed by atoms with Crippen LogP contribution < -0.4 is 9.80 Å². The zero-order valence-electron chi connectivity index (χ0n) is 16.0. The van der Waals surface area contributed by atoms with Crippen LogP contribution in [0.3, 0.4) is 0 Å². The molecule has 4 heterocycles. The van der Waals surface area contributed by atoms with Gasteiger partial charge >= 0.3 is 0 Å². The molecule has 5 nitrogen and oxygen atoms in total. The summed E-state index contributed by atoms with van der Waals surface area (Å²) in [6.07, 6.45) is 3.73. The number of para-hydroxylation sites is 1. The van der Waals surface area contributed by atoms with Crippen LogP contribution in [0.5, 0.6) is 0 Å². The van der Waals surface area contributed by atoms with Gasteiger partial charge in [0.25, 0.3) is 0 Å². The van der Waals surface area contributed by atoms with Crippen LogP contribution in [0.2, 0.25) is 0 Å². The topological polar surface area (TPSA) is 45.4 Å². The minimum Gasteiger partial charge on any atom is -0.436 e. The molecule has 5 rings (SSSR count). The monoisotopic (exact) mass is 356 g/mol. The Morgan fingerprint density at radius 2 is 1.67 bits per heavy atom. The molecule has 27 heavy (non-hydrogen) atoms. The van der Waals surface area contributed by atoms with Crippen LogP contribution in [0.4, 0.5) is 17.2 Å². The summed E-state index contributed by atoms with van der Waals surface area (Å²) < 4.78 is 6.18. The van der Waals surface area contributed by atoms with Crippen molar-refractivity contribution in [2.24, 2.45) is 0 Å². The Bertz CT molecular complexity index is 1160. The van der Waals surface area contributed by atoms with Gasteiger partial charge in [-0.05, 0) is 51.1 Å². The van der Waals surface area contributed by atoms with E-state index in [1.807, 2.05) is 18.3 Å². The molecule has 1 aliphatic rings. The van der Waals surface area contributed by atoms with Crippen molar-refractivity contribution >= 4 is 47.1 Å². The van der Waals surface area contributed by atoms with E-state index in [1.165, 1.54) is 0 Å². The molecule has 0 fully saturated rings. The van der Waals surface area contributed by atoms with Gasteiger partial charge in [0.05, 0.1) is 11.4 Å². The minimum atomic E-state index is -0.0325. The average molecular weight is 356 g/mol. The zero-order valence-corrected chi connectivity index (χ0v) is 16.0. The van der Waals surface area contributed by atoms with Gasteiger partial charge in [0.15, 0.2) is 11.4 Å². The molecule has 3 aromatic heterocycles. The van der Waals surface area contributed by atoms with E-state index in [2.05, 4.69) is 73.7 Å². The van der Waals surface area contributed by atoms with E-state index >= 15 is 0 Å². The van der Waals surface area contributed by atoms with Crippen molar-refractivity contribution in [1.82, 2.24) is 9.97 Å². The molecule has 0 amide bonds. The summed E-state index contributed by atoms with van der Waals surface area (Å²) in [4.78, 5) is 13.8. The molecule has 1 aromatic carbocycles. The summed E-state index contributed by atoms with van der Waals surface area (Å²) in [7, 11) is 2.23. The number of anilines is 3. The Morgan fingerprint density at radius 3 is 2.48 bits per heavy atom. The van der Waals surface area contributed by atoms with Crippen molar-refractivity contribution < 1.29 is 4.42 Å². The quantitative estimate of drug-likeness (QED) is 0.507. The van der Waals surface area contributed by atoms with E-state index in [0.29, 0.717) is 5.71 Å². The predicted octanol–water partition coefficient (Wildman–Crippen LogP) is 4.05. The second-order valence-electron chi connectivity index (χ2n) is 8.00. The first-order valence-electron chi connectivity index (χ1n) is 9.26. The average Bonchev–Trinajstić information content (AvgIpc) is 3.16. The summed E-state index contributed by atoms with van der Waals surface area (Å²) in [6.45, 7) is 6.68. The van der Waals surface area contributed by atoms with Gasteiger partial charge in [-0.1, -0.05) is 12.1 Å². The maximum absolute atomic E-state index is 6.18. The van der Waals surface area contributed by atoms with Crippen molar-refractivity contribution in [3.63, 3.8) is 0 Å². The third kappa shape index (κ3) is 2.26. The lowest BCUT2D eigenvalue weighted by Crippen LogP contribution is -2.51. The molecule has 4 aromatic rings. The van der Waals surface area contributed by atoms with Crippen LogP contribution in [-0.4, -0.2) is 29.4 Å². The second kappa shape index (κ2) is 5.49. The van der Waals surface area contributed by atoms with E-state index in [0.717, 1.165) is 33.5 Å². The van der Waals surface area contributed by atoms with Gasteiger partial charge in [0, 0.05) is 28.6 Å². The van der Waals surface area contributed by atoms with Crippen LogP contribution >= 0.6 is 0 Å². The van der Waals surface area contributed by atoms with E-state index in [1.54, 1.807) is 6.20 Å². The highest BCUT2D eigenvalue weighted by atomic mass is 16.3. The predicted molar refractivity (Wildman–Crippen MR) is 112 cm³/mol. The van der Waals surface area contributed by atoms with Crippen molar-refractivity contribution in [1.29, 1.82) is 0 Å². The third-order valence-corrected chi connectivity index (χ3v) is 5.24. The Morgan fingerprint density at radius 1 is 0.963 bits per heavy atom. The SMILES string of the molecule is BC(C)(C)N1c2cccnc2N(c2cccc3c2oc2ncccc23)C1C. The molecule has 0 spiro atoms. The van der Waals surface area contributed by atoms with Gasteiger partial charge in [-0.3, -0.25) is 0 Å². The largest absolute Gasteiger partial charge is 0.436 e. The van der Waals surface area contributed by atoms with Gasteiger partial charge in [0.2, 0.25) is 5.71 Å². The van der Waals surface area contributed by atoms with Crippen LogP contribution in [0.15, 0.2) is 59.3 Å². The van der Waals surface area contributed by atoms with Crippen LogP contribution in [0, 0.1) is 0 Å². The highest BCUT2D eigenvalue weighted by Crippen LogP contribution is 2.47. The molecule has 134 valence electrons. The number of hydrogen-bond donors (Lipinski definition) is 0. The molecule has 6 heteroatoms. The highest BCUT2D eigenvalue weighted by molar-refractivity contribution is 6.17. The van der Waals surface area contributed by atoms with E-state index < -0.39 is 0 Å². The van der Waals surface area contributed by atoms with Crippen LogP contribution in [0.1, 0.15) is 20.8 Å². The number of hydrogen-bond acceptors (Lipinski definition) is 5. The third-order valence-electron chi connectivity index (χ3n) is 5.24. The van der Waals surface area contributed by atoms with Crippen molar-refractivity contribution in [3.8, 4) is 0 Å². The molecule has 1 aliphatic heterocycles. The van der Waals surface area contributed by atoms with Crippen LogP contribution in [-0.2, 0) is 0 Å².